The van der Waals surface area contributed by atoms with Crippen LogP contribution in [0.3, 0.4) is 0 Å². The molecule has 70 valence electrons. The maximum absolute atomic E-state index is 9.15. The fourth-order valence-electron chi connectivity index (χ4n) is 1.43. The second-order valence-electron chi connectivity index (χ2n) is 3.10. The molecule has 0 saturated carbocycles. The summed E-state index contributed by atoms with van der Waals surface area (Å²) < 4.78 is 0. The summed E-state index contributed by atoms with van der Waals surface area (Å²) in [5.41, 5.74) is 1.70. The molecule has 0 bridgehead atoms. The molecule has 2 rings (SSSR count). The maximum atomic E-state index is 9.15. The van der Waals surface area contributed by atoms with E-state index >= 15 is 0 Å². The molecule has 0 aliphatic carbocycles. The minimum Gasteiger partial charge on any atom is -0.423 e. The molecule has 0 spiro atoms. The van der Waals surface area contributed by atoms with Gasteiger partial charge in [-0.2, -0.15) is 0 Å². The highest BCUT2D eigenvalue weighted by Gasteiger charge is 2.15. The first kappa shape index (κ1) is 9.11. The van der Waals surface area contributed by atoms with Gasteiger partial charge in [0.25, 0.3) is 0 Å². The lowest BCUT2D eigenvalue weighted by atomic mass is 9.78. The summed E-state index contributed by atoms with van der Waals surface area (Å²) in [6.07, 6.45) is 1.63. The molecule has 14 heavy (non-hydrogen) atoms. The molecule has 0 atom stereocenters. The van der Waals surface area contributed by atoms with Crippen molar-refractivity contribution in [2.45, 2.75) is 6.92 Å². The van der Waals surface area contributed by atoms with Crippen LogP contribution in [0.2, 0.25) is 0 Å². The zero-order valence-electron chi connectivity index (χ0n) is 7.68. The number of hydrogen-bond acceptors (Lipinski definition) is 4. The van der Waals surface area contributed by atoms with Crippen molar-refractivity contribution >= 4 is 23.6 Å². The number of nitrogens with zero attached hydrogens (tertiary/aromatic N) is 2. The van der Waals surface area contributed by atoms with E-state index < -0.39 is 7.12 Å². The Morgan fingerprint density at radius 1 is 1.36 bits per heavy atom. The SMILES string of the molecule is Cc1cc(B(O)O)c2cccnc2n1. The number of aromatic nitrogens is 2. The van der Waals surface area contributed by atoms with Crippen LogP contribution in [0, 0.1) is 6.92 Å². The minimum absolute atomic E-state index is 0.445. The van der Waals surface area contributed by atoms with E-state index in [0.29, 0.717) is 16.5 Å². The smallest absolute Gasteiger partial charge is 0.423 e. The van der Waals surface area contributed by atoms with Gasteiger partial charge < -0.3 is 10.0 Å². The van der Waals surface area contributed by atoms with Crippen molar-refractivity contribution < 1.29 is 10.0 Å². The second kappa shape index (κ2) is 3.36. The number of rotatable bonds is 1. The second-order valence-corrected chi connectivity index (χ2v) is 3.10. The molecule has 4 nitrogen and oxygen atoms in total. The summed E-state index contributed by atoms with van der Waals surface area (Å²) >= 11 is 0. The predicted molar refractivity (Wildman–Crippen MR) is 54.1 cm³/mol. The van der Waals surface area contributed by atoms with Gasteiger partial charge in [0.05, 0.1) is 0 Å². The molecule has 2 N–H and O–H groups in total. The standard InChI is InChI=1S/C9H9BN2O2/c1-6-5-8(10(13)14)7-3-2-4-11-9(7)12-6/h2-5,13-14H,1H3. The minimum atomic E-state index is -1.48. The molecule has 0 fully saturated rings. The Hall–Kier alpha value is -1.46. The first-order chi connectivity index (χ1) is 6.68. The van der Waals surface area contributed by atoms with Crippen LogP contribution in [-0.4, -0.2) is 27.1 Å². The van der Waals surface area contributed by atoms with E-state index in [-0.39, 0.29) is 0 Å². The fourth-order valence-corrected chi connectivity index (χ4v) is 1.43. The Morgan fingerprint density at radius 2 is 2.14 bits per heavy atom. The van der Waals surface area contributed by atoms with Gasteiger partial charge in [0.1, 0.15) is 0 Å². The summed E-state index contributed by atoms with van der Waals surface area (Å²) in [7, 11) is -1.48. The molecule has 5 heteroatoms. The van der Waals surface area contributed by atoms with E-state index in [1.54, 1.807) is 31.3 Å². The summed E-state index contributed by atoms with van der Waals surface area (Å²) in [6, 6.07) is 5.16. The van der Waals surface area contributed by atoms with Crippen molar-refractivity contribution in [1.29, 1.82) is 0 Å². The van der Waals surface area contributed by atoms with Crippen LogP contribution in [0.4, 0.5) is 0 Å². The van der Waals surface area contributed by atoms with Gasteiger partial charge in [-0.15, -0.1) is 0 Å². The van der Waals surface area contributed by atoms with Crippen molar-refractivity contribution in [2.75, 3.05) is 0 Å². The summed E-state index contributed by atoms with van der Waals surface area (Å²) in [5, 5.41) is 19.0. The van der Waals surface area contributed by atoms with E-state index in [1.807, 2.05) is 0 Å². The van der Waals surface area contributed by atoms with Gasteiger partial charge in [0.2, 0.25) is 0 Å². The maximum Gasteiger partial charge on any atom is 0.489 e. The van der Waals surface area contributed by atoms with Crippen molar-refractivity contribution in [3.05, 3.63) is 30.1 Å². The molecule has 2 aromatic rings. The predicted octanol–water partition coefficient (Wildman–Crippen LogP) is -0.382. The Morgan fingerprint density at radius 3 is 2.86 bits per heavy atom. The molecule has 0 aliphatic rings. The Kier molecular flexibility index (Phi) is 2.19. The molecular weight excluding hydrogens is 179 g/mol. The normalized spacial score (nSPS) is 10.5. The molecule has 0 aromatic carbocycles. The molecule has 0 aliphatic heterocycles. The van der Waals surface area contributed by atoms with Crippen LogP contribution < -0.4 is 5.46 Å². The quantitative estimate of drug-likeness (QED) is 0.598. The van der Waals surface area contributed by atoms with E-state index in [2.05, 4.69) is 9.97 Å². The third-order valence-electron chi connectivity index (χ3n) is 2.02. The zero-order valence-corrected chi connectivity index (χ0v) is 7.68. The molecule has 0 amide bonds. The first-order valence-electron chi connectivity index (χ1n) is 4.27. The van der Waals surface area contributed by atoms with E-state index in [4.69, 9.17) is 10.0 Å². The average Bonchev–Trinajstić information content (AvgIpc) is 2.16. The third-order valence-corrected chi connectivity index (χ3v) is 2.02. The van der Waals surface area contributed by atoms with Gasteiger partial charge in [-0.1, -0.05) is 6.07 Å². The van der Waals surface area contributed by atoms with Gasteiger partial charge in [-0.25, -0.2) is 9.97 Å². The van der Waals surface area contributed by atoms with E-state index in [0.717, 1.165) is 5.69 Å². The van der Waals surface area contributed by atoms with Crippen molar-refractivity contribution in [2.24, 2.45) is 0 Å². The van der Waals surface area contributed by atoms with Crippen LogP contribution in [0.1, 0.15) is 5.69 Å². The highest BCUT2D eigenvalue weighted by atomic mass is 16.4. The Bertz CT molecular complexity index is 473. The highest BCUT2D eigenvalue weighted by Crippen LogP contribution is 2.06. The average molecular weight is 188 g/mol. The summed E-state index contributed by atoms with van der Waals surface area (Å²) in [4.78, 5) is 8.24. The van der Waals surface area contributed by atoms with Gasteiger partial charge in [0.15, 0.2) is 5.65 Å². The van der Waals surface area contributed by atoms with Gasteiger partial charge >= 0.3 is 7.12 Å². The van der Waals surface area contributed by atoms with Crippen molar-refractivity contribution in [1.82, 2.24) is 9.97 Å². The fraction of sp³-hybridized carbons (Fsp3) is 0.111. The molecular formula is C9H9BN2O2. The lowest BCUT2D eigenvalue weighted by molar-refractivity contribution is 0.426. The van der Waals surface area contributed by atoms with Gasteiger partial charge in [-0.3, -0.25) is 0 Å². The Balaban J connectivity index is 2.80. The number of aryl methyl sites for hydroxylation is 1. The Labute approximate surface area is 81.4 Å². The third kappa shape index (κ3) is 1.47. The number of hydrogen-bond donors (Lipinski definition) is 2. The van der Waals surface area contributed by atoms with Crippen LogP contribution in [0.25, 0.3) is 11.0 Å². The van der Waals surface area contributed by atoms with Crippen LogP contribution >= 0.6 is 0 Å². The summed E-state index contributed by atoms with van der Waals surface area (Å²) in [5.74, 6) is 0. The van der Waals surface area contributed by atoms with E-state index in [1.165, 1.54) is 0 Å². The van der Waals surface area contributed by atoms with Crippen molar-refractivity contribution in [3.63, 3.8) is 0 Å². The van der Waals surface area contributed by atoms with Crippen molar-refractivity contribution in [3.8, 4) is 0 Å². The van der Waals surface area contributed by atoms with Crippen LogP contribution in [0.15, 0.2) is 24.4 Å². The molecule has 0 saturated heterocycles. The first-order valence-corrected chi connectivity index (χ1v) is 4.27. The van der Waals surface area contributed by atoms with Gasteiger partial charge in [-0.05, 0) is 24.5 Å². The monoisotopic (exact) mass is 188 g/mol. The largest absolute Gasteiger partial charge is 0.489 e. The summed E-state index contributed by atoms with van der Waals surface area (Å²) in [6.45, 7) is 1.79. The van der Waals surface area contributed by atoms with Crippen LogP contribution in [0.5, 0.6) is 0 Å². The highest BCUT2D eigenvalue weighted by molar-refractivity contribution is 6.61. The zero-order chi connectivity index (χ0) is 10.1. The van der Waals surface area contributed by atoms with Crippen LogP contribution in [-0.2, 0) is 0 Å². The topological polar surface area (TPSA) is 66.2 Å². The molecule has 2 aromatic heterocycles. The number of fused-ring (bicyclic) bond motifs is 1. The molecule has 0 unspecified atom stereocenters. The lowest BCUT2D eigenvalue weighted by Gasteiger charge is -2.05. The number of pyridine rings is 2. The molecule has 0 radical (unpaired) electrons. The van der Waals surface area contributed by atoms with Gasteiger partial charge in [0, 0.05) is 17.3 Å². The van der Waals surface area contributed by atoms with E-state index in [9.17, 15) is 0 Å². The lowest BCUT2D eigenvalue weighted by Crippen LogP contribution is -2.31. The molecule has 2 heterocycles.